The normalized spacial score (nSPS) is 12.5. The number of para-hydroxylation sites is 1. The van der Waals surface area contributed by atoms with Gasteiger partial charge in [0.05, 0.1) is 11.0 Å². The largest absolute Gasteiger partial charge is 0.309 e. The molecule has 8 aromatic carbocycles. The first-order valence-electron chi connectivity index (χ1n) is 15.4. The molecule has 0 saturated heterocycles. The van der Waals surface area contributed by atoms with Crippen molar-refractivity contribution in [1.29, 1.82) is 0 Å². The molecule has 0 fully saturated rings. The first kappa shape index (κ1) is 23.9. The number of rotatable bonds is 2. The summed E-state index contributed by atoms with van der Waals surface area (Å²) in [5.41, 5.74) is 11.8. The van der Waals surface area contributed by atoms with Crippen molar-refractivity contribution in [2.75, 3.05) is 0 Å². The molecule has 0 atom stereocenters. The van der Waals surface area contributed by atoms with Gasteiger partial charge in [-0.2, -0.15) is 0 Å². The van der Waals surface area contributed by atoms with Crippen molar-refractivity contribution in [2.45, 2.75) is 6.42 Å². The van der Waals surface area contributed by atoms with Gasteiger partial charge in [0.1, 0.15) is 0 Å². The Hall–Kier alpha value is -5.66. The first-order valence-corrected chi connectivity index (χ1v) is 15.4. The van der Waals surface area contributed by atoms with Gasteiger partial charge in [-0.05, 0) is 102 Å². The average molecular weight is 558 g/mol. The molecule has 0 saturated carbocycles. The third kappa shape index (κ3) is 3.24. The van der Waals surface area contributed by atoms with Gasteiger partial charge < -0.3 is 4.57 Å². The van der Waals surface area contributed by atoms with Crippen LogP contribution >= 0.6 is 0 Å². The second-order valence-corrected chi connectivity index (χ2v) is 12.1. The molecule has 1 aliphatic rings. The Morgan fingerprint density at radius 3 is 1.73 bits per heavy atom. The zero-order valence-corrected chi connectivity index (χ0v) is 24.1. The van der Waals surface area contributed by atoms with Gasteiger partial charge in [0.25, 0.3) is 0 Å². The van der Waals surface area contributed by atoms with Crippen LogP contribution in [0.1, 0.15) is 11.1 Å². The number of fused-ring (bicyclic) bond motifs is 13. The zero-order chi connectivity index (χ0) is 28.8. The van der Waals surface area contributed by atoms with Gasteiger partial charge in [-0.3, -0.25) is 0 Å². The third-order valence-electron chi connectivity index (χ3n) is 9.82. The van der Waals surface area contributed by atoms with Crippen LogP contribution in [0.25, 0.3) is 82.1 Å². The van der Waals surface area contributed by atoms with Gasteiger partial charge in [-0.15, -0.1) is 0 Å². The molecule has 0 radical (unpaired) electrons. The van der Waals surface area contributed by atoms with Crippen LogP contribution in [0.5, 0.6) is 0 Å². The fraction of sp³-hybridized carbons (Fsp3) is 0.0233. The second kappa shape index (κ2) is 8.92. The molecule has 0 N–H and O–H groups in total. The molecule has 1 aliphatic carbocycles. The second-order valence-electron chi connectivity index (χ2n) is 12.1. The lowest BCUT2D eigenvalue weighted by molar-refractivity contribution is 1.18. The molecule has 9 aromatic rings. The Morgan fingerprint density at radius 1 is 0.386 bits per heavy atom. The van der Waals surface area contributed by atoms with Crippen LogP contribution in [0, 0.1) is 0 Å². The number of hydrogen-bond acceptors (Lipinski definition) is 0. The van der Waals surface area contributed by atoms with Crippen LogP contribution in [0.15, 0.2) is 152 Å². The lowest BCUT2D eigenvalue weighted by atomic mass is 9.92. The summed E-state index contributed by atoms with van der Waals surface area (Å²) in [5, 5.41) is 10.6. The lowest BCUT2D eigenvalue weighted by Crippen LogP contribution is -1.94. The van der Waals surface area contributed by atoms with E-state index in [-0.39, 0.29) is 0 Å². The maximum absolute atomic E-state index is 2.44. The van der Waals surface area contributed by atoms with E-state index in [1.165, 1.54) is 93.2 Å². The minimum atomic E-state index is 0.988. The molecule has 0 bridgehead atoms. The molecule has 0 amide bonds. The van der Waals surface area contributed by atoms with Crippen molar-refractivity contribution < 1.29 is 0 Å². The highest BCUT2D eigenvalue weighted by Crippen LogP contribution is 2.44. The molecule has 204 valence electrons. The van der Waals surface area contributed by atoms with Crippen molar-refractivity contribution in [2.24, 2.45) is 0 Å². The Balaban J connectivity index is 1.14. The van der Waals surface area contributed by atoms with E-state index in [1.54, 1.807) is 0 Å². The topological polar surface area (TPSA) is 4.93 Å². The third-order valence-corrected chi connectivity index (χ3v) is 9.82. The molecule has 0 spiro atoms. The zero-order valence-electron chi connectivity index (χ0n) is 24.1. The highest BCUT2D eigenvalue weighted by molar-refractivity contribution is 6.25. The van der Waals surface area contributed by atoms with Crippen LogP contribution in [0.2, 0.25) is 0 Å². The van der Waals surface area contributed by atoms with Gasteiger partial charge >= 0.3 is 0 Å². The van der Waals surface area contributed by atoms with Gasteiger partial charge in [-0.1, -0.05) is 121 Å². The summed E-state index contributed by atoms with van der Waals surface area (Å²) in [7, 11) is 0. The van der Waals surface area contributed by atoms with E-state index < -0.39 is 0 Å². The van der Waals surface area contributed by atoms with E-state index in [1.807, 2.05) is 0 Å². The van der Waals surface area contributed by atoms with Crippen molar-refractivity contribution in [3.05, 3.63) is 163 Å². The standard InChI is InChI=1S/C43H27N/c1-2-10-31-29(9-1)26-40-36(31)23-24-42-43(40)38-15-7-8-16-41(38)44(42)30-20-17-27(18-21-30)28-19-22-37-34-13-4-3-11-32(34)33-12-5-6-14-35(33)39(37)25-28/h1-25H,26H2. The average Bonchev–Trinajstić information content (AvgIpc) is 3.64. The lowest BCUT2D eigenvalue weighted by Gasteiger charge is -2.13. The van der Waals surface area contributed by atoms with Crippen molar-refractivity contribution in [3.8, 4) is 27.9 Å². The molecule has 1 heteroatoms. The SMILES string of the molecule is c1ccc2c(c1)Cc1c-2ccc2c1c1ccccc1n2-c1ccc(-c2ccc3c4ccccc4c4ccccc4c3c2)cc1. The van der Waals surface area contributed by atoms with E-state index in [0.29, 0.717) is 0 Å². The molecule has 0 aliphatic heterocycles. The van der Waals surface area contributed by atoms with Gasteiger partial charge in [0.15, 0.2) is 0 Å². The van der Waals surface area contributed by atoms with Gasteiger partial charge in [0, 0.05) is 16.5 Å². The smallest absolute Gasteiger partial charge is 0.0544 e. The molecule has 10 rings (SSSR count). The Morgan fingerprint density at radius 2 is 0.977 bits per heavy atom. The Bertz CT molecular complexity index is 2580. The number of benzene rings is 8. The van der Waals surface area contributed by atoms with Crippen LogP contribution in [0.3, 0.4) is 0 Å². The summed E-state index contributed by atoms with van der Waals surface area (Å²) in [6, 6.07) is 56.0. The van der Waals surface area contributed by atoms with E-state index >= 15 is 0 Å². The first-order chi connectivity index (χ1) is 21.8. The quantitative estimate of drug-likeness (QED) is 0.186. The monoisotopic (exact) mass is 557 g/mol. The summed E-state index contributed by atoms with van der Waals surface area (Å²) in [6.45, 7) is 0. The fourth-order valence-electron chi connectivity index (χ4n) is 7.86. The molecule has 1 heterocycles. The summed E-state index contributed by atoms with van der Waals surface area (Å²) < 4.78 is 2.44. The van der Waals surface area contributed by atoms with Crippen LogP contribution in [-0.2, 0) is 6.42 Å². The molecule has 1 nitrogen and oxygen atoms in total. The predicted molar refractivity (Wildman–Crippen MR) is 187 cm³/mol. The number of nitrogens with zero attached hydrogens (tertiary/aromatic N) is 1. The highest BCUT2D eigenvalue weighted by atomic mass is 15.0. The highest BCUT2D eigenvalue weighted by Gasteiger charge is 2.24. The fourth-order valence-corrected chi connectivity index (χ4v) is 7.86. The summed E-state index contributed by atoms with van der Waals surface area (Å²) in [6.07, 6.45) is 0.988. The van der Waals surface area contributed by atoms with Crippen LogP contribution in [0.4, 0.5) is 0 Å². The van der Waals surface area contributed by atoms with Crippen molar-refractivity contribution in [3.63, 3.8) is 0 Å². The number of hydrogen-bond donors (Lipinski definition) is 0. The number of aromatic nitrogens is 1. The van der Waals surface area contributed by atoms with Gasteiger partial charge in [0.2, 0.25) is 0 Å². The van der Waals surface area contributed by atoms with Gasteiger partial charge in [-0.25, -0.2) is 0 Å². The van der Waals surface area contributed by atoms with E-state index in [2.05, 4.69) is 156 Å². The molecule has 0 unspecified atom stereocenters. The Labute approximate surface area is 255 Å². The van der Waals surface area contributed by atoms with E-state index in [0.717, 1.165) is 6.42 Å². The van der Waals surface area contributed by atoms with Crippen LogP contribution < -0.4 is 0 Å². The minimum Gasteiger partial charge on any atom is -0.309 e. The summed E-state index contributed by atoms with van der Waals surface area (Å²) in [4.78, 5) is 0. The minimum absolute atomic E-state index is 0.988. The maximum Gasteiger partial charge on any atom is 0.0544 e. The summed E-state index contributed by atoms with van der Waals surface area (Å²) in [5.74, 6) is 0. The molecule has 44 heavy (non-hydrogen) atoms. The van der Waals surface area contributed by atoms with E-state index in [4.69, 9.17) is 0 Å². The predicted octanol–water partition coefficient (Wildman–Crippen LogP) is 11.5. The molecular formula is C43H27N. The Kier molecular flexibility index (Phi) is 4.84. The van der Waals surface area contributed by atoms with Crippen molar-refractivity contribution >= 4 is 54.1 Å². The summed E-state index contributed by atoms with van der Waals surface area (Å²) >= 11 is 0. The maximum atomic E-state index is 2.44. The molecule has 1 aromatic heterocycles. The molecular weight excluding hydrogens is 530 g/mol. The van der Waals surface area contributed by atoms with Crippen LogP contribution in [-0.4, -0.2) is 4.57 Å². The van der Waals surface area contributed by atoms with E-state index in [9.17, 15) is 0 Å². The van der Waals surface area contributed by atoms with Crippen molar-refractivity contribution in [1.82, 2.24) is 4.57 Å².